The highest BCUT2D eigenvalue weighted by atomic mass is 16.5. The molecule has 0 spiro atoms. The molecule has 9 nitrogen and oxygen atoms in total. The van der Waals surface area contributed by atoms with E-state index in [0.717, 1.165) is 27.8 Å². The van der Waals surface area contributed by atoms with Crippen LogP contribution < -0.4 is 26.1 Å². The standard InChI is InChI=1S/C20H17N7O2/c1-28-15-8-6-14(7-9-15)27-17(21)16-10-11-29-20(16)22-19(27)13-4-2-12(3-5-13)18-23-25-26-24-18/h2-11,19H,21H2,1H3,(H,23,24,25,26). The Morgan fingerprint density at radius 2 is 1.86 bits per heavy atom. The van der Waals surface area contributed by atoms with Gasteiger partial charge >= 0.3 is 0 Å². The highest BCUT2D eigenvalue weighted by Gasteiger charge is 2.27. The molecule has 29 heavy (non-hydrogen) atoms. The monoisotopic (exact) mass is 387 g/mol. The molecule has 0 saturated carbocycles. The van der Waals surface area contributed by atoms with Crippen LogP contribution in [0.5, 0.6) is 5.75 Å². The lowest BCUT2D eigenvalue weighted by Crippen LogP contribution is -2.43. The van der Waals surface area contributed by atoms with Crippen molar-refractivity contribution >= 4 is 11.5 Å². The van der Waals surface area contributed by atoms with Crippen molar-refractivity contribution in [1.82, 2.24) is 20.6 Å². The summed E-state index contributed by atoms with van der Waals surface area (Å²) in [5.41, 5.74) is 9.77. The molecule has 0 amide bonds. The Kier molecular flexibility index (Phi) is 3.98. The summed E-state index contributed by atoms with van der Waals surface area (Å²) in [6.07, 6.45) is 1.21. The first-order valence-corrected chi connectivity index (χ1v) is 8.93. The summed E-state index contributed by atoms with van der Waals surface area (Å²) < 4.78 is 10.8. The lowest BCUT2D eigenvalue weighted by molar-refractivity contribution is 0.415. The zero-order valence-corrected chi connectivity index (χ0v) is 15.5. The van der Waals surface area contributed by atoms with Gasteiger partial charge in [-0.1, -0.05) is 24.3 Å². The number of rotatable bonds is 4. The van der Waals surface area contributed by atoms with Gasteiger partial charge in [-0.3, -0.25) is 0 Å². The van der Waals surface area contributed by atoms with E-state index in [1.54, 1.807) is 13.4 Å². The first-order valence-electron chi connectivity index (χ1n) is 8.93. The second-order valence-electron chi connectivity index (χ2n) is 6.47. The summed E-state index contributed by atoms with van der Waals surface area (Å²) in [6.45, 7) is 0. The largest absolute Gasteiger partial charge is 0.497 e. The van der Waals surface area contributed by atoms with E-state index in [4.69, 9.17) is 19.9 Å². The Morgan fingerprint density at radius 1 is 1.07 bits per heavy atom. The molecule has 3 heterocycles. The molecule has 0 aliphatic carbocycles. The predicted molar refractivity (Wildman–Crippen MR) is 105 cm³/mol. The smallest absolute Gasteiger partial charge is 0.227 e. The second-order valence-corrected chi connectivity index (χ2v) is 6.47. The van der Waals surface area contributed by atoms with Gasteiger partial charge in [-0.15, -0.1) is 5.10 Å². The highest BCUT2D eigenvalue weighted by Crippen LogP contribution is 2.33. The number of nitrogens with two attached hydrogens (primary N) is 1. The third-order valence-electron chi connectivity index (χ3n) is 4.84. The molecule has 1 aliphatic rings. The first kappa shape index (κ1) is 17.0. The number of methoxy groups -OCH3 is 1. The molecule has 2 aromatic heterocycles. The Hall–Kier alpha value is -4.14. The average Bonchev–Trinajstić information content (AvgIpc) is 3.46. The normalized spacial score (nSPS) is 15.7. The van der Waals surface area contributed by atoms with E-state index in [9.17, 15) is 0 Å². The number of benzene rings is 2. The molecule has 4 aromatic rings. The first-order chi connectivity index (χ1) is 14.2. The molecule has 1 atom stereocenters. The van der Waals surface area contributed by atoms with Gasteiger partial charge in [0, 0.05) is 11.3 Å². The van der Waals surface area contributed by atoms with Crippen LogP contribution in [0.3, 0.4) is 0 Å². The number of fused-ring (bicyclic) bond motifs is 1. The Labute approximate surface area is 165 Å². The van der Waals surface area contributed by atoms with Crippen molar-refractivity contribution in [3.8, 4) is 17.1 Å². The van der Waals surface area contributed by atoms with Gasteiger partial charge in [0.15, 0.2) is 12.0 Å². The van der Waals surface area contributed by atoms with Gasteiger partial charge in [-0.2, -0.15) is 0 Å². The maximum Gasteiger partial charge on any atom is 0.227 e. The quantitative estimate of drug-likeness (QED) is 0.542. The molecule has 9 heteroatoms. The van der Waals surface area contributed by atoms with Crippen LogP contribution in [0.2, 0.25) is 0 Å². The van der Waals surface area contributed by atoms with Crippen molar-refractivity contribution in [2.45, 2.75) is 6.17 Å². The molecule has 0 fully saturated rings. The molecule has 0 radical (unpaired) electrons. The fourth-order valence-electron chi connectivity index (χ4n) is 3.37. The van der Waals surface area contributed by atoms with E-state index in [-0.39, 0.29) is 6.17 Å². The Balaban J connectivity index is 1.60. The zero-order chi connectivity index (χ0) is 19.8. The molecule has 1 unspecified atom stereocenters. The van der Waals surface area contributed by atoms with Crippen molar-refractivity contribution in [2.24, 2.45) is 10.7 Å². The number of tetrazole rings is 1. The minimum absolute atomic E-state index is 0.385. The molecular formula is C20H17N7O2. The van der Waals surface area contributed by atoms with E-state index in [1.807, 2.05) is 59.5 Å². The van der Waals surface area contributed by atoms with Crippen LogP contribution in [0.1, 0.15) is 11.7 Å². The minimum atomic E-state index is -0.385. The van der Waals surface area contributed by atoms with Crippen LogP contribution in [0.25, 0.3) is 17.2 Å². The number of ether oxygens (including phenoxy) is 1. The fraction of sp³-hybridized carbons (Fsp3) is 0.100. The maximum absolute atomic E-state index is 6.53. The van der Waals surface area contributed by atoms with Gasteiger partial charge in [-0.05, 0) is 46.3 Å². The van der Waals surface area contributed by atoms with E-state index in [0.29, 0.717) is 17.2 Å². The van der Waals surface area contributed by atoms with Crippen molar-refractivity contribution in [1.29, 1.82) is 0 Å². The van der Waals surface area contributed by atoms with Gasteiger partial charge < -0.3 is 19.8 Å². The van der Waals surface area contributed by atoms with Crippen LogP contribution in [-0.4, -0.2) is 27.7 Å². The fourth-order valence-corrected chi connectivity index (χ4v) is 3.37. The van der Waals surface area contributed by atoms with Crippen molar-refractivity contribution in [3.05, 3.63) is 77.2 Å². The van der Waals surface area contributed by atoms with Crippen molar-refractivity contribution in [3.63, 3.8) is 0 Å². The number of anilines is 1. The molecule has 0 saturated heterocycles. The van der Waals surface area contributed by atoms with E-state index < -0.39 is 0 Å². The van der Waals surface area contributed by atoms with Crippen LogP contribution in [0.4, 0.5) is 5.69 Å². The summed E-state index contributed by atoms with van der Waals surface area (Å²) >= 11 is 0. The molecule has 2 aromatic carbocycles. The minimum Gasteiger partial charge on any atom is -0.497 e. The average molecular weight is 387 g/mol. The van der Waals surface area contributed by atoms with Crippen molar-refractivity contribution < 1.29 is 9.15 Å². The van der Waals surface area contributed by atoms with E-state index >= 15 is 0 Å². The SMILES string of the molecule is COc1ccc(N2C(N)=c3ccoc3=NC2c2ccc(-c3nnn[nH]3)cc2)cc1. The molecule has 1 aliphatic heterocycles. The van der Waals surface area contributed by atoms with Crippen LogP contribution in [0, 0.1) is 0 Å². The predicted octanol–water partition coefficient (Wildman–Crippen LogP) is 1.33. The summed E-state index contributed by atoms with van der Waals surface area (Å²) in [5, 5.41) is 14.7. The second kappa shape index (κ2) is 6.79. The summed E-state index contributed by atoms with van der Waals surface area (Å²) in [4.78, 5) is 6.77. The number of nitrogens with zero attached hydrogens (tertiary/aromatic N) is 5. The number of nitrogens with one attached hydrogen (secondary N) is 1. The van der Waals surface area contributed by atoms with Gasteiger partial charge in [0.1, 0.15) is 11.6 Å². The Morgan fingerprint density at radius 3 is 2.55 bits per heavy atom. The van der Waals surface area contributed by atoms with Gasteiger partial charge in [0.25, 0.3) is 0 Å². The summed E-state index contributed by atoms with van der Waals surface area (Å²) in [6, 6.07) is 17.3. The summed E-state index contributed by atoms with van der Waals surface area (Å²) in [5.74, 6) is 1.94. The Bertz CT molecular complexity index is 1250. The van der Waals surface area contributed by atoms with Gasteiger partial charge in [0.2, 0.25) is 5.55 Å². The molecule has 0 bridgehead atoms. The van der Waals surface area contributed by atoms with Crippen LogP contribution >= 0.6 is 0 Å². The van der Waals surface area contributed by atoms with E-state index in [1.165, 1.54) is 0 Å². The lowest BCUT2D eigenvalue weighted by Gasteiger charge is -2.32. The molecule has 5 rings (SSSR count). The van der Waals surface area contributed by atoms with Crippen LogP contribution in [0.15, 0.2) is 70.3 Å². The molecule has 144 valence electrons. The van der Waals surface area contributed by atoms with Crippen molar-refractivity contribution in [2.75, 3.05) is 12.0 Å². The number of H-pyrrole nitrogens is 1. The molecule has 3 N–H and O–H groups in total. The number of aromatic amines is 1. The summed E-state index contributed by atoms with van der Waals surface area (Å²) in [7, 11) is 1.64. The molecular weight excluding hydrogens is 370 g/mol. The van der Waals surface area contributed by atoms with Gasteiger partial charge in [-0.25, -0.2) is 10.1 Å². The topological polar surface area (TPSA) is 118 Å². The zero-order valence-electron chi connectivity index (χ0n) is 15.5. The van der Waals surface area contributed by atoms with E-state index in [2.05, 4.69) is 20.6 Å². The highest BCUT2D eigenvalue weighted by molar-refractivity contribution is 5.69. The number of aromatic nitrogens is 4. The van der Waals surface area contributed by atoms with Crippen LogP contribution in [-0.2, 0) is 0 Å². The van der Waals surface area contributed by atoms with Gasteiger partial charge in [0.05, 0.1) is 18.6 Å². The number of hydrogen-bond donors (Lipinski definition) is 2. The third-order valence-corrected chi connectivity index (χ3v) is 4.84. The number of hydrogen-bond acceptors (Lipinski definition) is 8. The maximum atomic E-state index is 6.53. The number of furan rings is 1. The lowest BCUT2D eigenvalue weighted by atomic mass is 10.1. The third kappa shape index (κ3) is 2.89.